The van der Waals surface area contributed by atoms with Gasteiger partial charge < -0.3 is 15.1 Å². The molecule has 1 aliphatic carbocycles. The summed E-state index contributed by atoms with van der Waals surface area (Å²) < 4.78 is 5.40. The van der Waals surface area contributed by atoms with E-state index in [4.69, 9.17) is 10.2 Å². The minimum atomic E-state index is -0.398. The second-order valence-corrected chi connectivity index (χ2v) is 6.22. The van der Waals surface area contributed by atoms with Crippen LogP contribution in [0, 0.1) is 5.92 Å². The minimum Gasteiger partial charge on any atom is -0.467 e. The Morgan fingerprint density at radius 3 is 2.70 bits per heavy atom. The standard InChI is InChI=1S/C16H26N2O2/c1-12(2)10-15(17)16(19)18(13-6-3-4-7-13)11-14-8-5-9-20-14/h5,8-9,12-13,15H,3-4,6-7,10-11,17H2,1-2H3. The van der Waals surface area contributed by atoms with Gasteiger partial charge in [-0.3, -0.25) is 4.79 Å². The molecular weight excluding hydrogens is 252 g/mol. The Morgan fingerprint density at radius 1 is 1.45 bits per heavy atom. The Bertz CT molecular complexity index is 408. The zero-order chi connectivity index (χ0) is 14.5. The van der Waals surface area contributed by atoms with Crippen molar-refractivity contribution < 1.29 is 9.21 Å². The number of carbonyl (C=O) groups is 1. The van der Waals surface area contributed by atoms with E-state index in [9.17, 15) is 4.79 Å². The maximum atomic E-state index is 12.7. The molecule has 1 aliphatic rings. The number of amides is 1. The van der Waals surface area contributed by atoms with Crippen molar-refractivity contribution in [3.8, 4) is 0 Å². The summed E-state index contributed by atoms with van der Waals surface area (Å²) in [6, 6.07) is 3.71. The van der Waals surface area contributed by atoms with E-state index in [1.165, 1.54) is 12.8 Å². The molecule has 1 aromatic heterocycles. The molecule has 2 N–H and O–H groups in total. The number of nitrogens with zero attached hydrogens (tertiary/aromatic N) is 1. The van der Waals surface area contributed by atoms with Crippen molar-refractivity contribution in [2.24, 2.45) is 11.7 Å². The Balaban J connectivity index is 2.06. The highest BCUT2D eigenvalue weighted by molar-refractivity contribution is 5.82. The number of rotatable bonds is 6. The Hall–Kier alpha value is -1.29. The molecule has 1 amide bonds. The predicted molar refractivity (Wildman–Crippen MR) is 78.9 cm³/mol. The van der Waals surface area contributed by atoms with Crippen LogP contribution in [-0.2, 0) is 11.3 Å². The molecule has 4 heteroatoms. The molecule has 1 aromatic rings. The summed E-state index contributed by atoms with van der Waals surface area (Å²) in [6.45, 7) is 4.74. The van der Waals surface area contributed by atoms with Crippen LogP contribution < -0.4 is 5.73 Å². The highest BCUT2D eigenvalue weighted by atomic mass is 16.3. The Labute approximate surface area is 121 Å². The molecule has 1 fully saturated rings. The Morgan fingerprint density at radius 2 is 2.15 bits per heavy atom. The summed E-state index contributed by atoms with van der Waals surface area (Å²) in [5, 5.41) is 0. The maximum Gasteiger partial charge on any atom is 0.240 e. The number of hydrogen-bond acceptors (Lipinski definition) is 3. The number of nitrogens with two attached hydrogens (primary N) is 1. The van der Waals surface area contributed by atoms with Crippen LogP contribution in [0.5, 0.6) is 0 Å². The van der Waals surface area contributed by atoms with Gasteiger partial charge in [0, 0.05) is 6.04 Å². The number of furan rings is 1. The topological polar surface area (TPSA) is 59.5 Å². The van der Waals surface area contributed by atoms with Gasteiger partial charge in [0.05, 0.1) is 18.8 Å². The molecule has 1 heterocycles. The van der Waals surface area contributed by atoms with E-state index < -0.39 is 6.04 Å². The quantitative estimate of drug-likeness (QED) is 0.870. The first-order chi connectivity index (χ1) is 9.58. The average Bonchev–Trinajstić information content (AvgIpc) is 3.07. The van der Waals surface area contributed by atoms with Crippen LogP contribution in [0.2, 0.25) is 0 Å². The van der Waals surface area contributed by atoms with Gasteiger partial charge in [-0.05, 0) is 37.3 Å². The van der Waals surface area contributed by atoms with Gasteiger partial charge in [-0.25, -0.2) is 0 Å². The highest BCUT2D eigenvalue weighted by Crippen LogP contribution is 2.26. The zero-order valence-electron chi connectivity index (χ0n) is 12.5. The van der Waals surface area contributed by atoms with Gasteiger partial charge in [-0.1, -0.05) is 26.7 Å². The first kappa shape index (κ1) is 15.1. The van der Waals surface area contributed by atoms with Gasteiger partial charge >= 0.3 is 0 Å². The molecule has 1 atom stereocenters. The highest BCUT2D eigenvalue weighted by Gasteiger charge is 2.30. The third-order valence-electron chi connectivity index (χ3n) is 4.00. The zero-order valence-corrected chi connectivity index (χ0v) is 12.5. The number of hydrogen-bond donors (Lipinski definition) is 1. The molecule has 1 unspecified atom stereocenters. The lowest BCUT2D eigenvalue weighted by molar-refractivity contribution is -0.136. The van der Waals surface area contributed by atoms with Gasteiger partial charge in [0.2, 0.25) is 5.91 Å². The van der Waals surface area contributed by atoms with Gasteiger partial charge in [0.25, 0.3) is 0 Å². The van der Waals surface area contributed by atoms with Crippen molar-refractivity contribution in [2.75, 3.05) is 0 Å². The third-order valence-corrected chi connectivity index (χ3v) is 4.00. The van der Waals surface area contributed by atoms with Crippen molar-refractivity contribution in [3.05, 3.63) is 24.2 Å². The second kappa shape index (κ2) is 6.93. The number of carbonyl (C=O) groups excluding carboxylic acids is 1. The summed E-state index contributed by atoms with van der Waals surface area (Å²) in [4.78, 5) is 14.6. The van der Waals surface area contributed by atoms with E-state index in [1.54, 1.807) is 6.26 Å². The monoisotopic (exact) mass is 278 g/mol. The van der Waals surface area contributed by atoms with Gasteiger partial charge in [-0.15, -0.1) is 0 Å². The lowest BCUT2D eigenvalue weighted by atomic mass is 10.0. The largest absolute Gasteiger partial charge is 0.467 e. The lowest BCUT2D eigenvalue weighted by Crippen LogP contribution is -2.47. The van der Waals surface area contributed by atoms with E-state index in [0.29, 0.717) is 18.5 Å². The SMILES string of the molecule is CC(C)CC(N)C(=O)N(Cc1ccco1)C1CCCC1. The summed E-state index contributed by atoms with van der Waals surface area (Å²) >= 11 is 0. The molecule has 0 saturated heterocycles. The van der Waals surface area contributed by atoms with Crippen LogP contribution >= 0.6 is 0 Å². The van der Waals surface area contributed by atoms with Crippen molar-refractivity contribution in [2.45, 2.75) is 64.6 Å². The van der Waals surface area contributed by atoms with Crippen LogP contribution in [0.25, 0.3) is 0 Å². The molecule has 0 aromatic carbocycles. The van der Waals surface area contributed by atoms with E-state index >= 15 is 0 Å². The molecule has 0 bridgehead atoms. The molecule has 20 heavy (non-hydrogen) atoms. The van der Waals surface area contributed by atoms with Crippen LogP contribution in [0.1, 0.15) is 51.7 Å². The van der Waals surface area contributed by atoms with Crippen molar-refractivity contribution in [1.29, 1.82) is 0 Å². The first-order valence-electron chi connectivity index (χ1n) is 7.66. The predicted octanol–water partition coefficient (Wildman–Crippen LogP) is 2.92. The Kier molecular flexibility index (Phi) is 5.24. The van der Waals surface area contributed by atoms with Crippen LogP contribution in [0.4, 0.5) is 0 Å². The van der Waals surface area contributed by atoms with Gasteiger partial charge in [-0.2, -0.15) is 0 Å². The van der Waals surface area contributed by atoms with Crippen LogP contribution in [0.3, 0.4) is 0 Å². The maximum absolute atomic E-state index is 12.7. The van der Waals surface area contributed by atoms with Gasteiger partial charge in [0.1, 0.15) is 5.76 Å². The van der Waals surface area contributed by atoms with E-state index in [-0.39, 0.29) is 5.91 Å². The van der Waals surface area contributed by atoms with E-state index in [1.807, 2.05) is 17.0 Å². The summed E-state index contributed by atoms with van der Waals surface area (Å²) in [5.74, 6) is 1.34. The van der Waals surface area contributed by atoms with Crippen molar-refractivity contribution in [1.82, 2.24) is 4.90 Å². The molecule has 4 nitrogen and oxygen atoms in total. The van der Waals surface area contributed by atoms with Crippen LogP contribution in [-0.4, -0.2) is 22.9 Å². The molecule has 0 spiro atoms. The second-order valence-electron chi connectivity index (χ2n) is 6.22. The minimum absolute atomic E-state index is 0.0713. The fraction of sp³-hybridized carbons (Fsp3) is 0.688. The molecule has 112 valence electrons. The summed E-state index contributed by atoms with van der Waals surface area (Å²) in [7, 11) is 0. The smallest absolute Gasteiger partial charge is 0.240 e. The van der Waals surface area contributed by atoms with E-state index in [0.717, 1.165) is 25.0 Å². The normalized spacial score (nSPS) is 17.6. The average molecular weight is 278 g/mol. The fourth-order valence-corrected chi connectivity index (χ4v) is 3.00. The molecule has 1 saturated carbocycles. The lowest BCUT2D eigenvalue weighted by Gasteiger charge is -2.31. The summed E-state index contributed by atoms with van der Waals surface area (Å²) in [5.41, 5.74) is 6.09. The molecule has 0 aliphatic heterocycles. The molecule has 2 rings (SSSR count). The van der Waals surface area contributed by atoms with Crippen molar-refractivity contribution in [3.63, 3.8) is 0 Å². The summed E-state index contributed by atoms with van der Waals surface area (Å²) in [6.07, 6.45) is 6.96. The van der Waals surface area contributed by atoms with Gasteiger partial charge in [0.15, 0.2) is 0 Å². The fourth-order valence-electron chi connectivity index (χ4n) is 3.00. The van der Waals surface area contributed by atoms with Crippen LogP contribution in [0.15, 0.2) is 22.8 Å². The van der Waals surface area contributed by atoms with E-state index in [2.05, 4.69) is 13.8 Å². The third kappa shape index (κ3) is 3.85. The molecule has 0 radical (unpaired) electrons. The molecular formula is C16H26N2O2. The van der Waals surface area contributed by atoms with Crippen molar-refractivity contribution >= 4 is 5.91 Å². The first-order valence-corrected chi connectivity index (χ1v) is 7.66.